The van der Waals surface area contributed by atoms with Crippen molar-refractivity contribution >= 4 is 0 Å². The molecule has 24 heavy (non-hydrogen) atoms. The lowest BCUT2D eigenvalue weighted by Crippen LogP contribution is -2.12. The summed E-state index contributed by atoms with van der Waals surface area (Å²) in [6.07, 6.45) is 4.39. The molecule has 0 bridgehead atoms. The summed E-state index contributed by atoms with van der Waals surface area (Å²) in [6, 6.07) is 11.1. The maximum absolute atomic E-state index is 10.7. The molecule has 2 aromatic heterocycles. The standard InChI is InChI=1S/C18H19N3O3/c1-23-14-3-4-18(24-2)15(11-14)17(22)12-21-16(7-10-20-21)13-5-8-19-9-6-13/h3-11,17,22H,12H2,1-2H3. The molecular weight excluding hydrogens is 306 g/mol. The van der Waals surface area contributed by atoms with Gasteiger partial charge in [-0.1, -0.05) is 0 Å². The van der Waals surface area contributed by atoms with E-state index in [1.807, 2.05) is 18.2 Å². The summed E-state index contributed by atoms with van der Waals surface area (Å²) in [7, 11) is 3.17. The van der Waals surface area contributed by atoms with Gasteiger partial charge in [-0.15, -0.1) is 0 Å². The largest absolute Gasteiger partial charge is 0.497 e. The number of aromatic nitrogens is 3. The topological polar surface area (TPSA) is 69.4 Å². The molecule has 0 aliphatic heterocycles. The molecule has 0 aliphatic carbocycles. The molecule has 1 unspecified atom stereocenters. The van der Waals surface area contributed by atoms with Gasteiger partial charge in [0.2, 0.25) is 0 Å². The first-order valence-corrected chi connectivity index (χ1v) is 7.55. The fourth-order valence-electron chi connectivity index (χ4n) is 2.61. The predicted octanol–water partition coefficient (Wildman–Crippen LogP) is 2.70. The predicted molar refractivity (Wildman–Crippen MR) is 90.0 cm³/mol. The number of ether oxygens (including phenoxy) is 2. The highest BCUT2D eigenvalue weighted by molar-refractivity contribution is 5.58. The number of pyridine rings is 1. The van der Waals surface area contributed by atoms with Gasteiger partial charge in [-0.3, -0.25) is 9.67 Å². The summed E-state index contributed by atoms with van der Waals surface area (Å²) >= 11 is 0. The first-order chi connectivity index (χ1) is 11.7. The average Bonchev–Trinajstić information content (AvgIpc) is 3.09. The van der Waals surface area contributed by atoms with E-state index in [-0.39, 0.29) is 0 Å². The van der Waals surface area contributed by atoms with E-state index in [9.17, 15) is 5.11 Å². The molecule has 2 heterocycles. The van der Waals surface area contributed by atoms with Gasteiger partial charge in [-0.2, -0.15) is 5.10 Å². The summed E-state index contributed by atoms with van der Waals surface area (Å²) in [4.78, 5) is 4.03. The molecule has 1 N–H and O–H groups in total. The molecule has 6 nitrogen and oxygen atoms in total. The van der Waals surface area contributed by atoms with E-state index in [0.717, 1.165) is 11.3 Å². The van der Waals surface area contributed by atoms with Gasteiger partial charge < -0.3 is 14.6 Å². The minimum atomic E-state index is -0.782. The van der Waals surface area contributed by atoms with Crippen LogP contribution < -0.4 is 9.47 Å². The molecule has 0 saturated heterocycles. The van der Waals surface area contributed by atoms with Crippen LogP contribution in [0.2, 0.25) is 0 Å². The van der Waals surface area contributed by atoms with Crippen molar-refractivity contribution in [2.75, 3.05) is 14.2 Å². The van der Waals surface area contributed by atoms with E-state index in [4.69, 9.17) is 9.47 Å². The number of hydrogen-bond donors (Lipinski definition) is 1. The fraction of sp³-hybridized carbons (Fsp3) is 0.222. The van der Waals surface area contributed by atoms with Gasteiger partial charge in [0.1, 0.15) is 17.6 Å². The van der Waals surface area contributed by atoms with Crippen molar-refractivity contribution in [2.45, 2.75) is 12.6 Å². The number of benzene rings is 1. The van der Waals surface area contributed by atoms with Crippen LogP contribution in [0.3, 0.4) is 0 Å². The Labute approximate surface area is 140 Å². The van der Waals surface area contributed by atoms with E-state index in [0.29, 0.717) is 23.6 Å². The molecule has 0 amide bonds. The Bertz CT molecular complexity index is 802. The zero-order chi connectivity index (χ0) is 16.9. The maximum atomic E-state index is 10.7. The molecule has 0 aliphatic rings. The third-order valence-corrected chi connectivity index (χ3v) is 3.83. The van der Waals surface area contributed by atoms with Crippen LogP contribution in [0.25, 0.3) is 11.3 Å². The van der Waals surface area contributed by atoms with Gasteiger partial charge in [0.05, 0.1) is 26.5 Å². The number of hydrogen-bond acceptors (Lipinski definition) is 5. The fourth-order valence-corrected chi connectivity index (χ4v) is 2.61. The monoisotopic (exact) mass is 325 g/mol. The Morgan fingerprint density at radius 3 is 2.54 bits per heavy atom. The van der Waals surface area contributed by atoms with Gasteiger partial charge in [-0.05, 0) is 36.4 Å². The molecule has 3 rings (SSSR count). The highest BCUT2D eigenvalue weighted by Gasteiger charge is 2.17. The summed E-state index contributed by atoms with van der Waals surface area (Å²) in [5.74, 6) is 1.28. The molecule has 0 saturated carbocycles. The third-order valence-electron chi connectivity index (χ3n) is 3.83. The average molecular weight is 325 g/mol. The zero-order valence-electron chi connectivity index (χ0n) is 13.6. The molecule has 0 radical (unpaired) electrons. The molecule has 1 aromatic carbocycles. The molecule has 124 valence electrons. The van der Waals surface area contributed by atoms with Crippen molar-refractivity contribution in [1.29, 1.82) is 0 Å². The quantitative estimate of drug-likeness (QED) is 0.754. The van der Waals surface area contributed by atoms with Crippen LogP contribution in [0, 0.1) is 0 Å². The van der Waals surface area contributed by atoms with Crippen molar-refractivity contribution in [1.82, 2.24) is 14.8 Å². The van der Waals surface area contributed by atoms with Crippen molar-refractivity contribution in [3.8, 4) is 22.8 Å². The summed E-state index contributed by atoms with van der Waals surface area (Å²) < 4.78 is 12.3. The van der Waals surface area contributed by atoms with Crippen molar-refractivity contribution < 1.29 is 14.6 Å². The van der Waals surface area contributed by atoms with Crippen LogP contribution in [-0.2, 0) is 6.54 Å². The Kier molecular flexibility index (Phi) is 4.77. The molecule has 0 spiro atoms. The van der Waals surface area contributed by atoms with Gasteiger partial charge >= 0.3 is 0 Å². The van der Waals surface area contributed by atoms with Gasteiger partial charge in [0, 0.05) is 29.7 Å². The van der Waals surface area contributed by atoms with Crippen molar-refractivity contribution in [3.63, 3.8) is 0 Å². The first-order valence-electron chi connectivity index (χ1n) is 7.55. The molecule has 3 aromatic rings. The lowest BCUT2D eigenvalue weighted by molar-refractivity contribution is 0.148. The zero-order valence-corrected chi connectivity index (χ0v) is 13.6. The van der Waals surface area contributed by atoms with Gasteiger partial charge in [-0.25, -0.2) is 0 Å². The Balaban J connectivity index is 1.89. The minimum absolute atomic E-state index is 0.300. The lowest BCUT2D eigenvalue weighted by atomic mass is 10.1. The van der Waals surface area contributed by atoms with Gasteiger partial charge in [0.25, 0.3) is 0 Å². The van der Waals surface area contributed by atoms with E-state index < -0.39 is 6.10 Å². The minimum Gasteiger partial charge on any atom is -0.497 e. The van der Waals surface area contributed by atoms with Crippen LogP contribution in [-0.4, -0.2) is 34.1 Å². The second-order valence-corrected chi connectivity index (χ2v) is 5.26. The van der Waals surface area contributed by atoms with Crippen LogP contribution >= 0.6 is 0 Å². The lowest BCUT2D eigenvalue weighted by Gasteiger charge is -2.17. The highest BCUT2D eigenvalue weighted by Crippen LogP contribution is 2.31. The maximum Gasteiger partial charge on any atom is 0.125 e. The molecule has 1 atom stereocenters. The number of aliphatic hydroxyl groups excluding tert-OH is 1. The molecular formula is C18H19N3O3. The highest BCUT2D eigenvalue weighted by atomic mass is 16.5. The Morgan fingerprint density at radius 2 is 1.83 bits per heavy atom. The molecule has 0 fully saturated rings. The SMILES string of the molecule is COc1ccc(OC)c(C(O)Cn2nccc2-c2ccncc2)c1. The van der Waals surface area contributed by atoms with Crippen LogP contribution in [0.15, 0.2) is 55.0 Å². The molecule has 6 heteroatoms. The second kappa shape index (κ2) is 7.14. The van der Waals surface area contributed by atoms with E-state index in [2.05, 4.69) is 10.1 Å². The Morgan fingerprint density at radius 1 is 1.04 bits per heavy atom. The second-order valence-electron chi connectivity index (χ2n) is 5.26. The number of rotatable bonds is 6. The van der Waals surface area contributed by atoms with Crippen LogP contribution in [0.4, 0.5) is 0 Å². The van der Waals surface area contributed by atoms with E-state index in [1.54, 1.807) is 55.7 Å². The summed E-state index contributed by atoms with van der Waals surface area (Å²) in [6.45, 7) is 0.300. The van der Waals surface area contributed by atoms with Crippen molar-refractivity contribution in [2.24, 2.45) is 0 Å². The third kappa shape index (κ3) is 3.23. The normalized spacial score (nSPS) is 12.0. The van der Waals surface area contributed by atoms with Crippen LogP contribution in [0.5, 0.6) is 11.5 Å². The summed E-state index contributed by atoms with van der Waals surface area (Å²) in [5.41, 5.74) is 2.57. The van der Waals surface area contributed by atoms with E-state index in [1.165, 1.54) is 0 Å². The van der Waals surface area contributed by atoms with Gasteiger partial charge in [0.15, 0.2) is 0 Å². The number of nitrogens with zero attached hydrogens (tertiary/aromatic N) is 3. The van der Waals surface area contributed by atoms with Crippen LogP contribution in [0.1, 0.15) is 11.7 Å². The summed E-state index contributed by atoms with van der Waals surface area (Å²) in [5, 5.41) is 15.0. The van der Waals surface area contributed by atoms with Crippen molar-refractivity contribution in [3.05, 3.63) is 60.6 Å². The smallest absolute Gasteiger partial charge is 0.125 e. The van der Waals surface area contributed by atoms with E-state index >= 15 is 0 Å². The Hall–Kier alpha value is -2.86. The number of aliphatic hydroxyl groups is 1. The first kappa shape index (κ1) is 16.0. The number of methoxy groups -OCH3 is 2.